The van der Waals surface area contributed by atoms with Crippen LogP contribution in [0.1, 0.15) is 401 Å². The van der Waals surface area contributed by atoms with Gasteiger partial charge in [-0.25, -0.2) is 9.13 Å². The number of phosphoric ester groups is 2. The number of unbranched alkanes of at least 4 members (excludes halogenated alkanes) is 48. The molecule has 0 aromatic heterocycles. The Balaban J connectivity index is 5.23. The normalized spacial score (nSPS) is 13.9. The lowest BCUT2D eigenvalue weighted by Gasteiger charge is -2.21. The highest BCUT2D eigenvalue weighted by atomic mass is 31.2. The molecule has 0 aliphatic rings. The summed E-state index contributed by atoms with van der Waals surface area (Å²) in [5.41, 5.74) is 0. The Hall–Kier alpha value is -1.94. The Labute approximate surface area is 581 Å². The second kappa shape index (κ2) is 69.2. The molecule has 0 aromatic rings. The predicted molar refractivity (Wildman–Crippen MR) is 386 cm³/mol. The first-order valence-corrected chi connectivity index (χ1v) is 42.6. The highest BCUT2D eigenvalue weighted by Gasteiger charge is 2.30. The molecular weight excluding hydrogens is 1250 g/mol. The van der Waals surface area contributed by atoms with Gasteiger partial charge in [0.1, 0.15) is 19.3 Å². The molecule has 0 aromatic carbocycles. The van der Waals surface area contributed by atoms with Crippen LogP contribution in [0.4, 0.5) is 0 Å². The topological polar surface area (TPSA) is 237 Å². The van der Waals surface area contributed by atoms with Crippen LogP contribution in [0.3, 0.4) is 0 Å². The lowest BCUT2D eigenvalue weighted by Crippen LogP contribution is -2.30. The highest BCUT2D eigenvalue weighted by molar-refractivity contribution is 7.47. The summed E-state index contributed by atoms with van der Waals surface area (Å²) >= 11 is 0. The molecule has 0 aliphatic heterocycles. The molecule has 17 nitrogen and oxygen atoms in total. The fourth-order valence-electron chi connectivity index (χ4n) is 11.7. The van der Waals surface area contributed by atoms with Gasteiger partial charge >= 0.3 is 39.5 Å². The lowest BCUT2D eigenvalue weighted by atomic mass is 10.0. The van der Waals surface area contributed by atoms with E-state index in [1.54, 1.807) is 0 Å². The average Bonchev–Trinajstić information content (AvgIpc) is 2.08. The third kappa shape index (κ3) is 70.3. The summed E-state index contributed by atoms with van der Waals surface area (Å²) in [6.45, 7) is 7.25. The fraction of sp³-hybridized carbons (Fsp3) is 0.947. The number of carbonyl (C=O) groups is 4. The maximum absolute atomic E-state index is 13.1. The van der Waals surface area contributed by atoms with Gasteiger partial charge in [-0.2, -0.15) is 0 Å². The van der Waals surface area contributed by atoms with Gasteiger partial charge in [0, 0.05) is 25.7 Å². The lowest BCUT2D eigenvalue weighted by molar-refractivity contribution is -0.161. The number of esters is 4. The van der Waals surface area contributed by atoms with Gasteiger partial charge in [0.15, 0.2) is 12.2 Å². The summed E-state index contributed by atoms with van der Waals surface area (Å²) in [4.78, 5) is 72.8. The van der Waals surface area contributed by atoms with Crippen molar-refractivity contribution in [2.45, 2.75) is 419 Å². The fourth-order valence-corrected chi connectivity index (χ4v) is 13.3. The molecule has 0 radical (unpaired) electrons. The number of hydrogen-bond donors (Lipinski definition) is 3. The van der Waals surface area contributed by atoms with Gasteiger partial charge in [0.05, 0.1) is 26.4 Å². The van der Waals surface area contributed by atoms with E-state index in [1.165, 1.54) is 225 Å². The first-order chi connectivity index (χ1) is 46.0. The molecule has 0 rings (SSSR count). The summed E-state index contributed by atoms with van der Waals surface area (Å²) in [5, 5.41) is 10.6. The van der Waals surface area contributed by atoms with Gasteiger partial charge in [0.2, 0.25) is 0 Å². The zero-order valence-electron chi connectivity index (χ0n) is 61.8. The quantitative estimate of drug-likeness (QED) is 0.0222. The van der Waals surface area contributed by atoms with Gasteiger partial charge in [-0.15, -0.1) is 0 Å². The minimum Gasteiger partial charge on any atom is -0.462 e. The van der Waals surface area contributed by atoms with Crippen molar-refractivity contribution in [3.8, 4) is 0 Å². The monoisotopic (exact) mass is 1400 g/mol. The minimum atomic E-state index is -4.96. The molecule has 5 atom stereocenters. The van der Waals surface area contributed by atoms with Crippen molar-refractivity contribution >= 4 is 39.5 Å². The van der Waals surface area contributed by atoms with Crippen LogP contribution in [0.15, 0.2) is 0 Å². The van der Waals surface area contributed by atoms with E-state index in [1.807, 2.05) is 0 Å². The van der Waals surface area contributed by atoms with Crippen LogP contribution < -0.4 is 0 Å². The molecule has 0 amide bonds. The van der Waals surface area contributed by atoms with Crippen molar-refractivity contribution in [3.63, 3.8) is 0 Å². The van der Waals surface area contributed by atoms with Crippen molar-refractivity contribution < 1.29 is 80.2 Å². The second-order valence-electron chi connectivity index (χ2n) is 27.9. The number of carbonyl (C=O) groups excluding carboxylic acids is 4. The molecule has 2 unspecified atom stereocenters. The Kier molecular flexibility index (Phi) is 67.7. The van der Waals surface area contributed by atoms with E-state index in [0.717, 1.165) is 95.8 Å². The number of hydrogen-bond acceptors (Lipinski definition) is 15. The third-order valence-corrected chi connectivity index (χ3v) is 19.7. The number of rotatable bonds is 76. The molecule has 564 valence electrons. The number of phosphoric acid groups is 2. The van der Waals surface area contributed by atoms with Crippen LogP contribution in [0.25, 0.3) is 0 Å². The molecule has 0 bridgehead atoms. The molecular formula is C76H148O17P2. The van der Waals surface area contributed by atoms with Crippen molar-refractivity contribution in [2.24, 2.45) is 5.92 Å². The van der Waals surface area contributed by atoms with E-state index in [0.29, 0.717) is 25.7 Å². The first-order valence-electron chi connectivity index (χ1n) is 39.6. The Morgan fingerprint density at radius 1 is 0.284 bits per heavy atom. The second-order valence-corrected chi connectivity index (χ2v) is 30.8. The summed E-state index contributed by atoms with van der Waals surface area (Å²) in [7, 11) is -9.91. The maximum atomic E-state index is 13.1. The molecule has 0 heterocycles. The van der Waals surface area contributed by atoms with Crippen LogP contribution in [-0.4, -0.2) is 96.7 Å². The van der Waals surface area contributed by atoms with Crippen molar-refractivity contribution in [1.82, 2.24) is 0 Å². The zero-order valence-corrected chi connectivity index (χ0v) is 63.6. The zero-order chi connectivity index (χ0) is 69.8. The molecule has 0 aliphatic carbocycles. The van der Waals surface area contributed by atoms with Crippen molar-refractivity contribution in [2.75, 3.05) is 39.6 Å². The number of aliphatic hydroxyl groups is 1. The molecule has 95 heavy (non-hydrogen) atoms. The molecule has 0 saturated carbocycles. The number of aliphatic hydroxyl groups excluding tert-OH is 1. The third-order valence-electron chi connectivity index (χ3n) is 17.8. The van der Waals surface area contributed by atoms with Crippen molar-refractivity contribution in [1.29, 1.82) is 0 Å². The highest BCUT2D eigenvalue weighted by Crippen LogP contribution is 2.45. The number of ether oxygens (including phenoxy) is 4. The largest absolute Gasteiger partial charge is 0.472 e. The molecule has 3 N–H and O–H groups in total. The SMILES string of the molecule is CCCCCCCCCCCCCCCCCCCCC(=O)O[C@H](COC(=O)CCCCCCCCCCCCCCCCC)COP(=O)(O)OC[C@@H](O)COP(=O)(O)OC[C@@H](COC(=O)CCCCCCCCCCCCC)OC(=O)CCCCCCCCCCC(C)C. The standard InChI is InChI=1S/C76H148O17P2/c1-6-9-12-15-18-21-24-26-28-29-30-32-34-37-40-46-51-56-61-75(80)92-71(65-87-74(79)60-55-50-45-39-36-33-31-27-25-22-19-16-13-10-7-2)67-90-94(82,83)88-63-70(77)64-89-95(84,85)91-68-72(93-76(81)62-57-52-47-42-41-43-48-53-58-69(4)5)66-86-73(78)59-54-49-44-38-35-23-20-17-14-11-8-3/h69-72,77H,6-68H2,1-5H3,(H,82,83)(H,84,85)/t70-,71-,72-/m1/s1. The van der Waals surface area contributed by atoms with E-state index in [4.69, 9.17) is 37.0 Å². The smallest absolute Gasteiger partial charge is 0.462 e. The van der Waals surface area contributed by atoms with Crippen LogP contribution in [0.5, 0.6) is 0 Å². The van der Waals surface area contributed by atoms with Crippen LogP contribution in [0.2, 0.25) is 0 Å². The van der Waals surface area contributed by atoms with Gasteiger partial charge in [-0.05, 0) is 31.6 Å². The Morgan fingerprint density at radius 2 is 0.484 bits per heavy atom. The van der Waals surface area contributed by atoms with E-state index in [-0.39, 0.29) is 25.7 Å². The van der Waals surface area contributed by atoms with Crippen LogP contribution in [0, 0.1) is 5.92 Å². The van der Waals surface area contributed by atoms with E-state index in [2.05, 4.69) is 34.6 Å². The Bertz CT molecular complexity index is 1820. The van der Waals surface area contributed by atoms with Gasteiger partial charge < -0.3 is 33.8 Å². The molecule has 0 spiro atoms. The minimum absolute atomic E-state index is 0.105. The average molecular weight is 1400 g/mol. The van der Waals surface area contributed by atoms with Crippen molar-refractivity contribution in [3.05, 3.63) is 0 Å². The van der Waals surface area contributed by atoms with Crippen LogP contribution in [-0.2, 0) is 65.4 Å². The maximum Gasteiger partial charge on any atom is 0.472 e. The summed E-state index contributed by atoms with van der Waals surface area (Å²) in [5.74, 6) is -1.40. The van der Waals surface area contributed by atoms with E-state index in [9.17, 15) is 43.2 Å². The summed E-state index contributed by atoms with van der Waals surface area (Å²) in [6.07, 6.45) is 58.2. The first kappa shape index (κ1) is 93.1. The summed E-state index contributed by atoms with van der Waals surface area (Å²) < 4.78 is 68.5. The van der Waals surface area contributed by atoms with Gasteiger partial charge in [-0.1, -0.05) is 349 Å². The Morgan fingerprint density at radius 3 is 0.716 bits per heavy atom. The van der Waals surface area contributed by atoms with Gasteiger partial charge in [0.25, 0.3) is 0 Å². The molecule has 0 saturated heterocycles. The van der Waals surface area contributed by atoms with E-state index < -0.39 is 97.5 Å². The predicted octanol–water partition coefficient (Wildman–Crippen LogP) is 22.5. The molecule has 19 heteroatoms. The summed E-state index contributed by atoms with van der Waals surface area (Å²) in [6, 6.07) is 0. The molecule has 0 fully saturated rings. The van der Waals surface area contributed by atoms with E-state index >= 15 is 0 Å². The van der Waals surface area contributed by atoms with Gasteiger partial charge in [-0.3, -0.25) is 37.3 Å². The van der Waals surface area contributed by atoms with Crippen LogP contribution >= 0.6 is 15.6 Å².